The van der Waals surface area contributed by atoms with Crippen LogP contribution in [0, 0.1) is 0 Å². The van der Waals surface area contributed by atoms with E-state index in [2.05, 4.69) is 43.0 Å². The molecule has 3 aromatic carbocycles. The van der Waals surface area contributed by atoms with Gasteiger partial charge in [-0.1, -0.05) is 60.7 Å². The maximum absolute atomic E-state index is 13.4. The van der Waals surface area contributed by atoms with E-state index in [1.54, 1.807) is 0 Å². The molecule has 0 aromatic heterocycles. The van der Waals surface area contributed by atoms with E-state index < -0.39 is 32.7 Å². The first-order chi connectivity index (χ1) is 17.6. The van der Waals surface area contributed by atoms with Gasteiger partial charge in [-0.05, 0) is 58.1 Å². The molecule has 1 saturated heterocycles. The Labute approximate surface area is 224 Å². The molecule has 198 valence electrons. The molecule has 1 aliphatic rings. The van der Waals surface area contributed by atoms with Crippen molar-refractivity contribution in [3.8, 4) is 0 Å². The number of piperazine rings is 1. The molecule has 4 rings (SSSR count). The number of hydrogen-bond donors (Lipinski definition) is 2. The molecule has 0 bridgehead atoms. The van der Waals surface area contributed by atoms with E-state index in [1.807, 2.05) is 48.5 Å². The normalized spacial score (nSPS) is 18.0. The van der Waals surface area contributed by atoms with Gasteiger partial charge < -0.3 is 5.32 Å². The molecule has 0 unspecified atom stereocenters. The molecule has 5 nitrogen and oxygen atoms in total. The number of benzene rings is 3. The summed E-state index contributed by atoms with van der Waals surface area (Å²) in [6.45, 7) is 2.69. The van der Waals surface area contributed by atoms with Crippen molar-refractivity contribution >= 4 is 26.0 Å². The topological polar surface area (TPSA) is 61.4 Å². The maximum Gasteiger partial charge on any atom is 0.416 e. The van der Waals surface area contributed by atoms with Crippen molar-refractivity contribution in [2.45, 2.75) is 36.0 Å². The summed E-state index contributed by atoms with van der Waals surface area (Å²) < 4.78 is 69.6. The average molecular weight is 597 g/mol. The second-order valence-corrected chi connectivity index (χ2v) is 11.7. The fourth-order valence-electron chi connectivity index (χ4n) is 4.62. The number of halogens is 4. The van der Waals surface area contributed by atoms with Gasteiger partial charge in [0.05, 0.1) is 10.5 Å². The molecule has 10 heteroatoms. The van der Waals surface area contributed by atoms with E-state index in [9.17, 15) is 21.6 Å². The zero-order valence-corrected chi connectivity index (χ0v) is 22.5. The Morgan fingerprint density at radius 3 is 2.30 bits per heavy atom. The molecule has 0 radical (unpaired) electrons. The van der Waals surface area contributed by atoms with Crippen LogP contribution in [0.3, 0.4) is 0 Å². The summed E-state index contributed by atoms with van der Waals surface area (Å²) in [7, 11) is -4.26. The summed E-state index contributed by atoms with van der Waals surface area (Å²) in [6.07, 6.45) is -3.45. The van der Waals surface area contributed by atoms with Crippen molar-refractivity contribution in [3.05, 3.63) is 100 Å². The third-order valence-electron chi connectivity index (χ3n) is 6.44. The molecule has 0 aliphatic carbocycles. The number of nitrogens with zero attached hydrogens (tertiary/aromatic N) is 1. The van der Waals surface area contributed by atoms with E-state index in [4.69, 9.17) is 0 Å². The lowest BCUT2D eigenvalue weighted by molar-refractivity contribution is -0.137. The zero-order chi connectivity index (χ0) is 26.5. The molecular formula is C27H29BrF3N3O2S. The minimum atomic E-state index is -4.65. The lowest BCUT2D eigenvalue weighted by Gasteiger charge is -2.38. The smallest absolute Gasteiger partial charge is 0.314 e. The third kappa shape index (κ3) is 7.64. The highest BCUT2D eigenvalue weighted by molar-refractivity contribution is 9.10. The minimum absolute atomic E-state index is 0.0792. The number of rotatable bonds is 9. The Kier molecular flexibility index (Phi) is 9.07. The summed E-state index contributed by atoms with van der Waals surface area (Å²) in [5.41, 5.74) is 1.11. The van der Waals surface area contributed by atoms with Crippen LogP contribution in [0.2, 0.25) is 0 Å². The summed E-state index contributed by atoms with van der Waals surface area (Å²) in [5, 5.41) is 3.42. The Morgan fingerprint density at radius 2 is 1.65 bits per heavy atom. The monoisotopic (exact) mass is 595 g/mol. The summed E-state index contributed by atoms with van der Waals surface area (Å²) in [4.78, 5) is 1.84. The van der Waals surface area contributed by atoms with Gasteiger partial charge in [0.2, 0.25) is 10.0 Å². The average Bonchev–Trinajstić information content (AvgIpc) is 2.85. The van der Waals surface area contributed by atoms with Crippen LogP contribution >= 0.6 is 15.9 Å². The lowest BCUT2D eigenvalue weighted by atomic mass is 10.0. The van der Waals surface area contributed by atoms with Crippen LogP contribution in [-0.4, -0.2) is 51.6 Å². The van der Waals surface area contributed by atoms with E-state index in [0.29, 0.717) is 19.0 Å². The predicted molar refractivity (Wildman–Crippen MR) is 142 cm³/mol. The van der Waals surface area contributed by atoms with Gasteiger partial charge in [-0.2, -0.15) is 13.2 Å². The summed E-state index contributed by atoms with van der Waals surface area (Å²) in [6, 6.07) is 21.8. The third-order valence-corrected chi connectivity index (χ3v) is 8.95. The highest BCUT2D eigenvalue weighted by Gasteiger charge is 2.34. The van der Waals surface area contributed by atoms with Gasteiger partial charge in [0.15, 0.2) is 0 Å². The fourth-order valence-corrected chi connectivity index (χ4v) is 6.84. The molecule has 3 aromatic rings. The van der Waals surface area contributed by atoms with Gasteiger partial charge in [-0.3, -0.25) is 4.90 Å². The zero-order valence-electron chi connectivity index (χ0n) is 20.1. The number of hydrogen-bond acceptors (Lipinski definition) is 4. The van der Waals surface area contributed by atoms with Crippen molar-refractivity contribution in [1.82, 2.24) is 14.9 Å². The molecule has 37 heavy (non-hydrogen) atoms. The summed E-state index contributed by atoms with van der Waals surface area (Å²) in [5.74, 6) is 0. The molecular weight excluding hydrogens is 567 g/mol. The molecule has 1 fully saturated rings. The van der Waals surface area contributed by atoms with E-state index in [1.165, 1.54) is 5.56 Å². The second-order valence-electron chi connectivity index (χ2n) is 9.19. The van der Waals surface area contributed by atoms with Gasteiger partial charge in [-0.15, -0.1) is 0 Å². The SMILES string of the molecule is O=S(=O)(N[C@@H](Cc1ccccc1)CN1CCNC[C@@H]1Cc1ccccc1)c1cc(C(F)(F)F)ccc1Br. The van der Waals surface area contributed by atoms with Crippen molar-refractivity contribution in [2.24, 2.45) is 0 Å². The second kappa shape index (κ2) is 12.1. The van der Waals surface area contributed by atoms with Crippen molar-refractivity contribution in [1.29, 1.82) is 0 Å². The lowest BCUT2D eigenvalue weighted by Crippen LogP contribution is -2.56. The van der Waals surface area contributed by atoms with Crippen LogP contribution in [0.25, 0.3) is 0 Å². The van der Waals surface area contributed by atoms with Crippen LogP contribution in [0.1, 0.15) is 16.7 Å². The predicted octanol–water partition coefficient (Wildman–Crippen LogP) is 4.87. The van der Waals surface area contributed by atoms with Gasteiger partial charge in [0.25, 0.3) is 0 Å². The van der Waals surface area contributed by atoms with Gasteiger partial charge in [0, 0.05) is 42.7 Å². The van der Waals surface area contributed by atoms with Crippen LogP contribution in [0.5, 0.6) is 0 Å². The van der Waals surface area contributed by atoms with E-state index in [0.717, 1.165) is 43.8 Å². The van der Waals surface area contributed by atoms with E-state index in [-0.39, 0.29) is 10.5 Å². The highest BCUT2D eigenvalue weighted by Crippen LogP contribution is 2.33. The number of sulfonamides is 1. The molecule has 0 amide bonds. The van der Waals surface area contributed by atoms with Crippen molar-refractivity contribution < 1.29 is 21.6 Å². The Morgan fingerprint density at radius 1 is 1.00 bits per heavy atom. The molecule has 1 aliphatic heterocycles. The Balaban J connectivity index is 1.60. The quantitative estimate of drug-likeness (QED) is 0.370. The summed E-state index contributed by atoms with van der Waals surface area (Å²) >= 11 is 3.13. The molecule has 2 N–H and O–H groups in total. The van der Waals surface area contributed by atoms with Gasteiger partial charge in [-0.25, -0.2) is 13.1 Å². The van der Waals surface area contributed by atoms with Crippen molar-refractivity contribution in [2.75, 3.05) is 26.2 Å². The van der Waals surface area contributed by atoms with Crippen LogP contribution in [0.15, 0.2) is 88.2 Å². The standard InChI is InChI=1S/C27H29BrF3N3O2S/c28-25-12-11-22(27(29,30)31)17-26(25)37(35,36)33-23(15-20-7-3-1-4-8-20)19-34-14-13-32-18-24(34)16-21-9-5-2-6-10-21/h1-12,17,23-24,32-33H,13-16,18-19H2/t23-,24-/m0/s1. The molecule has 2 atom stereocenters. The van der Waals surface area contributed by atoms with Crippen molar-refractivity contribution in [3.63, 3.8) is 0 Å². The van der Waals surface area contributed by atoms with Crippen LogP contribution in [-0.2, 0) is 29.0 Å². The first kappa shape index (κ1) is 27.8. The molecule has 0 saturated carbocycles. The highest BCUT2D eigenvalue weighted by atomic mass is 79.9. The van der Waals surface area contributed by atoms with Gasteiger partial charge in [0.1, 0.15) is 0 Å². The number of alkyl halides is 3. The van der Waals surface area contributed by atoms with E-state index >= 15 is 0 Å². The molecule has 0 spiro atoms. The maximum atomic E-state index is 13.4. The fraction of sp³-hybridized carbons (Fsp3) is 0.333. The Bertz CT molecular complexity index is 1280. The Hall–Kier alpha value is -2.24. The minimum Gasteiger partial charge on any atom is -0.314 e. The number of nitrogens with one attached hydrogen (secondary N) is 2. The van der Waals surface area contributed by atoms with Crippen LogP contribution in [0.4, 0.5) is 13.2 Å². The first-order valence-corrected chi connectivity index (χ1v) is 14.3. The largest absolute Gasteiger partial charge is 0.416 e. The van der Waals surface area contributed by atoms with Gasteiger partial charge >= 0.3 is 6.18 Å². The molecule has 1 heterocycles. The first-order valence-electron chi connectivity index (χ1n) is 12.0. The van der Waals surface area contributed by atoms with Crippen LogP contribution < -0.4 is 10.0 Å².